The van der Waals surface area contributed by atoms with Gasteiger partial charge in [0, 0.05) is 0 Å². The lowest BCUT2D eigenvalue weighted by Gasteiger charge is -2.39. The Kier molecular flexibility index (Phi) is 13.7. The van der Waals surface area contributed by atoms with Crippen LogP contribution in [-0.2, 0) is 4.74 Å². The summed E-state index contributed by atoms with van der Waals surface area (Å²) in [6.07, 6.45) is -5.33. The number of rotatable bonds is 18. The van der Waals surface area contributed by atoms with Crippen molar-refractivity contribution >= 4 is 11.9 Å². The van der Waals surface area contributed by atoms with Gasteiger partial charge in [-0.05, 0) is 79.4 Å². The third-order valence-corrected chi connectivity index (χ3v) is 8.06. The van der Waals surface area contributed by atoms with Crippen molar-refractivity contribution in [2.75, 3.05) is 6.61 Å². The zero-order valence-electron chi connectivity index (χ0n) is 28.4. The van der Waals surface area contributed by atoms with Crippen molar-refractivity contribution in [3.05, 3.63) is 83.9 Å². The summed E-state index contributed by atoms with van der Waals surface area (Å²) in [6.45, 7) is 2.32. The second-order valence-corrected chi connectivity index (χ2v) is 12.2. The van der Waals surface area contributed by atoms with Crippen LogP contribution >= 0.6 is 0 Å². The van der Waals surface area contributed by atoms with Crippen LogP contribution in [0, 0.1) is 0 Å². The molecule has 0 bridgehead atoms. The van der Waals surface area contributed by atoms with E-state index in [1.165, 1.54) is 60.7 Å². The van der Waals surface area contributed by atoms with Gasteiger partial charge in [0.25, 0.3) is 0 Å². The Bertz CT molecular complexity index is 1690. The third kappa shape index (κ3) is 9.58. The molecule has 1 atom stereocenters. The van der Waals surface area contributed by atoms with Crippen LogP contribution in [0.4, 0.5) is 57.1 Å². The van der Waals surface area contributed by atoms with E-state index in [2.05, 4.69) is 6.92 Å². The van der Waals surface area contributed by atoms with E-state index in [0.717, 1.165) is 44.2 Å². The molecule has 298 valence electrons. The summed E-state index contributed by atoms with van der Waals surface area (Å²) in [4.78, 5) is 25.1. The van der Waals surface area contributed by atoms with Crippen molar-refractivity contribution in [1.29, 1.82) is 0 Å². The first-order valence-electron chi connectivity index (χ1n) is 16.2. The highest BCUT2D eigenvalue weighted by molar-refractivity contribution is 5.92. The normalized spacial score (nSPS) is 13.7. The van der Waals surface area contributed by atoms with Crippen LogP contribution in [0.25, 0.3) is 11.1 Å². The highest BCUT2D eigenvalue weighted by atomic mass is 19.4. The van der Waals surface area contributed by atoms with Gasteiger partial charge in [0.05, 0.1) is 30.3 Å². The molecule has 0 aromatic heterocycles. The largest absolute Gasteiger partial charge is 0.493 e. The fourth-order valence-corrected chi connectivity index (χ4v) is 4.79. The summed E-state index contributed by atoms with van der Waals surface area (Å²) in [6, 6.07) is 16.3. The molecule has 0 heterocycles. The summed E-state index contributed by atoms with van der Waals surface area (Å²) in [5.41, 5.74) is 1.28. The predicted molar refractivity (Wildman–Crippen MR) is 168 cm³/mol. The lowest BCUT2D eigenvalue weighted by molar-refractivity contribution is -0.440. The van der Waals surface area contributed by atoms with Crippen molar-refractivity contribution in [3.8, 4) is 22.6 Å². The van der Waals surface area contributed by atoms with Gasteiger partial charge < -0.3 is 14.2 Å². The van der Waals surface area contributed by atoms with Crippen molar-refractivity contribution in [3.63, 3.8) is 0 Å². The Morgan fingerprint density at radius 1 is 0.574 bits per heavy atom. The molecule has 0 amide bonds. The summed E-state index contributed by atoms with van der Waals surface area (Å²) in [5.74, 6) is -38.7. The number of esters is 2. The number of unbranched alkanes of at least 4 members (excludes halogenated alkanes) is 3. The fraction of sp³-hybridized carbons (Fsp3) is 0.444. The van der Waals surface area contributed by atoms with E-state index < -0.39 is 60.8 Å². The molecule has 0 aliphatic heterocycles. The zero-order valence-corrected chi connectivity index (χ0v) is 28.4. The fourth-order valence-electron chi connectivity index (χ4n) is 4.79. The van der Waals surface area contributed by atoms with E-state index in [-0.39, 0.29) is 28.7 Å². The molecule has 0 saturated carbocycles. The SMILES string of the molecule is CCCCCC[C@H](C)OC(=O)c1ccc(OC(=O)c2ccc(-c3ccc(OCCC(F)(F)C(F)(F)C(F)(F)C(F)(F)C(F)(F)C(F)(F)F)cc3)cc2)cc1. The Labute approximate surface area is 300 Å². The van der Waals surface area contributed by atoms with Crippen LogP contribution in [-0.4, -0.2) is 60.4 Å². The highest BCUT2D eigenvalue weighted by Gasteiger charge is 2.90. The van der Waals surface area contributed by atoms with Crippen molar-refractivity contribution in [2.24, 2.45) is 0 Å². The van der Waals surface area contributed by atoms with Crippen LogP contribution in [0.15, 0.2) is 72.8 Å². The number of ether oxygens (including phenoxy) is 3. The van der Waals surface area contributed by atoms with Gasteiger partial charge in [-0.25, -0.2) is 9.59 Å². The lowest BCUT2D eigenvalue weighted by atomic mass is 9.93. The van der Waals surface area contributed by atoms with E-state index in [1.54, 1.807) is 6.92 Å². The summed E-state index contributed by atoms with van der Waals surface area (Å²) < 4.78 is 188. The molecule has 3 aromatic rings. The number of hydrogen-bond acceptors (Lipinski definition) is 5. The first-order valence-corrected chi connectivity index (χ1v) is 16.2. The molecule has 0 unspecified atom stereocenters. The number of carbonyl (C=O) groups excluding carboxylic acids is 2. The Morgan fingerprint density at radius 3 is 1.56 bits per heavy atom. The van der Waals surface area contributed by atoms with Gasteiger partial charge in [-0.3, -0.25) is 0 Å². The standard InChI is InChI=1S/C36H33F13O5/c1-3-4-5-6-7-22(2)53-29(50)26-14-18-28(19-15-26)54-30(51)25-10-8-23(9-11-25)24-12-16-27(17-13-24)52-21-20-31(37,38)32(39,40)33(41,42)34(43,44)35(45,46)36(47,48)49/h8-19,22H,3-7,20-21H2,1-2H3/t22-/m0/s1. The van der Waals surface area contributed by atoms with Gasteiger partial charge in [0.1, 0.15) is 11.5 Å². The maximum absolute atomic E-state index is 14.0. The topological polar surface area (TPSA) is 61.8 Å². The Balaban J connectivity index is 1.56. The molecule has 0 aliphatic carbocycles. The summed E-state index contributed by atoms with van der Waals surface area (Å²) in [5, 5.41) is 0. The molecular weight excluding hydrogens is 759 g/mol. The average molecular weight is 793 g/mol. The number of halogens is 13. The first kappa shape index (κ1) is 43.9. The van der Waals surface area contributed by atoms with Crippen LogP contribution in [0.1, 0.15) is 73.1 Å². The predicted octanol–water partition coefficient (Wildman–Crippen LogP) is 11.6. The van der Waals surface area contributed by atoms with E-state index in [1.807, 2.05) is 0 Å². The van der Waals surface area contributed by atoms with Gasteiger partial charge >= 0.3 is 47.7 Å². The molecule has 3 aromatic carbocycles. The first-order chi connectivity index (χ1) is 24.9. The van der Waals surface area contributed by atoms with E-state index >= 15 is 0 Å². The molecule has 3 rings (SSSR count). The Morgan fingerprint density at radius 2 is 1.04 bits per heavy atom. The molecular formula is C36H33F13O5. The van der Waals surface area contributed by atoms with Crippen LogP contribution < -0.4 is 9.47 Å². The van der Waals surface area contributed by atoms with Crippen molar-refractivity contribution in [1.82, 2.24) is 0 Å². The maximum atomic E-state index is 14.0. The molecule has 0 spiro atoms. The summed E-state index contributed by atoms with van der Waals surface area (Å²) >= 11 is 0. The molecule has 0 radical (unpaired) electrons. The summed E-state index contributed by atoms with van der Waals surface area (Å²) in [7, 11) is 0. The minimum Gasteiger partial charge on any atom is -0.493 e. The van der Waals surface area contributed by atoms with Crippen molar-refractivity contribution < 1.29 is 80.9 Å². The lowest BCUT2D eigenvalue weighted by Crippen LogP contribution is -2.70. The Hall–Kier alpha value is -4.51. The molecule has 5 nitrogen and oxygen atoms in total. The van der Waals surface area contributed by atoms with Gasteiger partial charge in [0.2, 0.25) is 0 Å². The number of alkyl halides is 13. The quantitative estimate of drug-likeness (QED) is 0.0556. The molecule has 0 N–H and O–H groups in total. The monoisotopic (exact) mass is 792 g/mol. The van der Waals surface area contributed by atoms with E-state index in [9.17, 15) is 66.7 Å². The van der Waals surface area contributed by atoms with Crippen LogP contribution in [0.5, 0.6) is 11.5 Å². The average Bonchev–Trinajstić information content (AvgIpc) is 3.10. The van der Waals surface area contributed by atoms with Crippen molar-refractivity contribution in [2.45, 2.75) is 94.3 Å². The molecule has 18 heteroatoms. The van der Waals surface area contributed by atoms with Crippen LogP contribution in [0.2, 0.25) is 0 Å². The van der Waals surface area contributed by atoms with Gasteiger partial charge in [-0.15, -0.1) is 0 Å². The molecule has 0 saturated heterocycles. The highest BCUT2D eigenvalue weighted by Crippen LogP contribution is 2.60. The number of hydrogen-bond donors (Lipinski definition) is 0. The van der Waals surface area contributed by atoms with E-state index in [0.29, 0.717) is 11.1 Å². The van der Waals surface area contributed by atoms with Gasteiger partial charge in [0.15, 0.2) is 0 Å². The van der Waals surface area contributed by atoms with Crippen LogP contribution in [0.3, 0.4) is 0 Å². The third-order valence-electron chi connectivity index (χ3n) is 8.06. The second kappa shape index (κ2) is 16.9. The minimum atomic E-state index is -7.96. The zero-order chi connectivity index (χ0) is 40.8. The second-order valence-electron chi connectivity index (χ2n) is 12.2. The molecule has 54 heavy (non-hydrogen) atoms. The molecule has 0 fully saturated rings. The number of carbonyl (C=O) groups is 2. The van der Waals surface area contributed by atoms with Gasteiger partial charge in [-0.2, -0.15) is 57.1 Å². The van der Waals surface area contributed by atoms with Gasteiger partial charge in [-0.1, -0.05) is 50.5 Å². The number of benzene rings is 3. The smallest absolute Gasteiger partial charge is 0.460 e. The van der Waals surface area contributed by atoms with E-state index in [4.69, 9.17) is 14.2 Å². The molecule has 0 aliphatic rings. The minimum absolute atomic E-state index is 0.113. The maximum Gasteiger partial charge on any atom is 0.460 e.